The van der Waals surface area contributed by atoms with Crippen molar-refractivity contribution >= 4 is 15.9 Å². The first kappa shape index (κ1) is 9.63. The standard InChI is InChI=1S/C6H6BrN.C2H6/c1-5-3-2-4-6(7)8-5;1-2/h2-4H,1H3;1-2H3. The van der Waals surface area contributed by atoms with Gasteiger partial charge in [-0.05, 0) is 35.0 Å². The summed E-state index contributed by atoms with van der Waals surface area (Å²) in [6, 6.07) is 5.84. The normalized spacial score (nSPS) is 8.00. The summed E-state index contributed by atoms with van der Waals surface area (Å²) in [5.74, 6) is 0. The van der Waals surface area contributed by atoms with Gasteiger partial charge in [0.15, 0.2) is 0 Å². The molecule has 0 aliphatic carbocycles. The van der Waals surface area contributed by atoms with Crippen LogP contribution in [0.2, 0.25) is 0 Å². The summed E-state index contributed by atoms with van der Waals surface area (Å²) >= 11 is 3.25. The van der Waals surface area contributed by atoms with Gasteiger partial charge in [0, 0.05) is 5.69 Å². The van der Waals surface area contributed by atoms with Gasteiger partial charge in [-0.15, -0.1) is 0 Å². The second kappa shape index (κ2) is 5.42. The molecule has 0 fully saturated rings. The van der Waals surface area contributed by atoms with Crippen molar-refractivity contribution in [3.8, 4) is 0 Å². The minimum Gasteiger partial charge on any atom is -0.246 e. The Hall–Kier alpha value is -0.370. The quantitative estimate of drug-likeness (QED) is 0.588. The molecular weight excluding hydrogens is 190 g/mol. The molecule has 0 N–H and O–H groups in total. The van der Waals surface area contributed by atoms with Gasteiger partial charge in [-0.25, -0.2) is 4.98 Å². The van der Waals surface area contributed by atoms with Crippen molar-refractivity contribution in [2.75, 3.05) is 0 Å². The summed E-state index contributed by atoms with van der Waals surface area (Å²) in [5, 5.41) is 0. The van der Waals surface area contributed by atoms with Crippen LogP contribution in [0.5, 0.6) is 0 Å². The van der Waals surface area contributed by atoms with E-state index in [0.29, 0.717) is 0 Å². The Morgan fingerprint density at radius 1 is 1.30 bits per heavy atom. The number of aromatic nitrogens is 1. The lowest BCUT2D eigenvalue weighted by Gasteiger charge is -1.88. The smallest absolute Gasteiger partial charge is 0.106 e. The molecular formula is C8H12BrN. The molecule has 0 atom stereocenters. The van der Waals surface area contributed by atoms with Gasteiger partial charge >= 0.3 is 0 Å². The summed E-state index contributed by atoms with van der Waals surface area (Å²) in [6.45, 7) is 5.96. The third kappa shape index (κ3) is 3.62. The van der Waals surface area contributed by atoms with Crippen molar-refractivity contribution < 1.29 is 0 Å². The maximum absolute atomic E-state index is 4.09. The van der Waals surface area contributed by atoms with Crippen molar-refractivity contribution in [3.05, 3.63) is 28.5 Å². The van der Waals surface area contributed by atoms with E-state index in [1.54, 1.807) is 0 Å². The summed E-state index contributed by atoms with van der Waals surface area (Å²) in [5.41, 5.74) is 1.04. The van der Waals surface area contributed by atoms with Crippen LogP contribution in [0.1, 0.15) is 19.5 Å². The molecule has 1 aromatic rings. The molecule has 0 radical (unpaired) electrons. The summed E-state index contributed by atoms with van der Waals surface area (Å²) < 4.78 is 0.900. The van der Waals surface area contributed by atoms with Gasteiger partial charge < -0.3 is 0 Å². The van der Waals surface area contributed by atoms with E-state index in [2.05, 4.69) is 20.9 Å². The highest BCUT2D eigenvalue weighted by Crippen LogP contribution is 2.04. The van der Waals surface area contributed by atoms with E-state index in [9.17, 15) is 0 Å². The van der Waals surface area contributed by atoms with Gasteiger partial charge in [-0.3, -0.25) is 0 Å². The summed E-state index contributed by atoms with van der Waals surface area (Å²) in [4.78, 5) is 4.09. The average molecular weight is 202 g/mol. The Labute approximate surface area is 70.6 Å². The van der Waals surface area contributed by atoms with Crippen molar-refractivity contribution in [1.29, 1.82) is 0 Å². The molecule has 0 aromatic carbocycles. The second-order valence-electron chi connectivity index (χ2n) is 1.60. The molecule has 0 bridgehead atoms. The van der Waals surface area contributed by atoms with E-state index >= 15 is 0 Å². The first-order valence-corrected chi connectivity index (χ1v) is 4.17. The highest BCUT2D eigenvalue weighted by molar-refractivity contribution is 9.10. The molecule has 0 aliphatic heterocycles. The molecule has 10 heavy (non-hydrogen) atoms. The van der Waals surface area contributed by atoms with Crippen molar-refractivity contribution in [3.63, 3.8) is 0 Å². The van der Waals surface area contributed by atoms with Crippen LogP contribution >= 0.6 is 15.9 Å². The topological polar surface area (TPSA) is 12.9 Å². The van der Waals surface area contributed by atoms with Gasteiger partial charge in [0.1, 0.15) is 4.60 Å². The number of halogens is 1. The Morgan fingerprint density at radius 2 is 1.90 bits per heavy atom. The first-order chi connectivity index (χ1) is 4.79. The van der Waals surface area contributed by atoms with E-state index in [1.165, 1.54) is 0 Å². The number of hydrogen-bond donors (Lipinski definition) is 0. The van der Waals surface area contributed by atoms with Crippen LogP contribution < -0.4 is 0 Å². The van der Waals surface area contributed by atoms with E-state index in [4.69, 9.17) is 0 Å². The number of nitrogens with zero attached hydrogens (tertiary/aromatic N) is 1. The number of pyridine rings is 1. The van der Waals surface area contributed by atoms with Crippen LogP contribution in [0.25, 0.3) is 0 Å². The lowest BCUT2D eigenvalue weighted by molar-refractivity contribution is 1.17. The predicted octanol–water partition coefficient (Wildman–Crippen LogP) is 3.18. The second-order valence-corrected chi connectivity index (χ2v) is 2.41. The van der Waals surface area contributed by atoms with Gasteiger partial charge in [0.25, 0.3) is 0 Å². The summed E-state index contributed by atoms with van der Waals surface area (Å²) in [7, 11) is 0. The molecule has 1 heterocycles. The van der Waals surface area contributed by atoms with Crippen LogP contribution in [0.15, 0.2) is 22.8 Å². The molecule has 1 aromatic heterocycles. The Morgan fingerprint density at radius 3 is 2.20 bits per heavy atom. The van der Waals surface area contributed by atoms with Crippen molar-refractivity contribution in [2.24, 2.45) is 0 Å². The monoisotopic (exact) mass is 201 g/mol. The zero-order valence-corrected chi connectivity index (χ0v) is 8.14. The molecule has 0 spiro atoms. The van der Waals surface area contributed by atoms with Crippen LogP contribution in [0.3, 0.4) is 0 Å². The third-order valence-corrected chi connectivity index (χ3v) is 1.30. The minimum atomic E-state index is 0.900. The predicted molar refractivity (Wildman–Crippen MR) is 48.0 cm³/mol. The Bertz CT molecular complexity index is 169. The molecule has 1 nitrogen and oxygen atoms in total. The number of rotatable bonds is 0. The van der Waals surface area contributed by atoms with Crippen LogP contribution in [0.4, 0.5) is 0 Å². The summed E-state index contributed by atoms with van der Waals surface area (Å²) in [6.07, 6.45) is 0. The van der Waals surface area contributed by atoms with E-state index in [0.717, 1.165) is 10.3 Å². The van der Waals surface area contributed by atoms with Crippen molar-refractivity contribution in [1.82, 2.24) is 4.98 Å². The minimum absolute atomic E-state index is 0.900. The zero-order valence-electron chi connectivity index (χ0n) is 6.56. The van der Waals surface area contributed by atoms with Gasteiger partial charge in [-0.2, -0.15) is 0 Å². The Balaban J connectivity index is 0.000000371. The lowest BCUT2D eigenvalue weighted by Crippen LogP contribution is -1.77. The molecule has 1 rings (SSSR count). The largest absolute Gasteiger partial charge is 0.246 e. The maximum Gasteiger partial charge on any atom is 0.106 e. The van der Waals surface area contributed by atoms with Crippen LogP contribution in [0, 0.1) is 6.92 Å². The fourth-order valence-electron chi connectivity index (χ4n) is 0.510. The molecule has 2 heteroatoms. The number of hydrogen-bond acceptors (Lipinski definition) is 1. The molecule has 0 unspecified atom stereocenters. The van der Waals surface area contributed by atoms with Crippen molar-refractivity contribution in [2.45, 2.75) is 20.8 Å². The van der Waals surface area contributed by atoms with Crippen LogP contribution in [-0.4, -0.2) is 4.98 Å². The SMILES string of the molecule is CC.Cc1cccc(Br)n1. The van der Waals surface area contributed by atoms with Gasteiger partial charge in [-0.1, -0.05) is 19.9 Å². The van der Waals surface area contributed by atoms with E-state index < -0.39 is 0 Å². The molecule has 0 saturated heterocycles. The molecule has 0 aliphatic rings. The highest BCUT2D eigenvalue weighted by atomic mass is 79.9. The molecule has 0 amide bonds. The fraction of sp³-hybridized carbons (Fsp3) is 0.375. The van der Waals surface area contributed by atoms with E-state index in [-0.39, 0.29) is 0 Å². The van der Waals surface area contributed by atoms with Gasteiger partial charge in [0.2, 0.25) is 0 Å². The van der Waals surface area contributed by atoms with Crippen LogP contribution in [-0.2, 0) is 0 Å². The molecule has 56 valence electrons. The number of aryl methyl sites for hydroxylation is 1. The average Bonchev–Trinajstić information content (AvgIpc) is 1.91. The fourth-order valence-corrected chi connectivity index (χ4v) is 0.942. The highest BCUT2D eigenvalue weighted by Gasteiger charge is 1.83. The third-order valence-electron chi connectivity index (χ3n) is 0.854. The maximum atomic E-state index is 4.09. The molecule has 0 saturated carbocycles. The first-order valence-electron chi connectivity index (χ1n) is 3.38. The lowest BCUT2D eigenvalue weighted by atomic mass is 10.4. The Kier molecular flexibility index (Phi) is 5.22. The zero-order chi connectivity index (χ0) is 7.98. The van der Waals surface area contributed by atoms with E-state index in [1.807, 2.05) is 39.0 Å². The van der Waals surface area contributed by atoms with Gasteiger partial charge in [0.05, 0.1) is 0 Å².